The van der Waals surface area contributed by atoms with Crippen molar-refractivity contribution < 1.29 is 4.74 Å². The van der Waals surface area contributed by atoms with E-state index in [1.54, 1.807) is 13.3 Å². The van der Waals surface area contributed by atoms with E-state index in [1.807, 2.05) is 24.3 Å². The van der Waals surface area contributed by atoms with Gasteiger partial charge in [0.25, 0.3) is 0 Å². The van der Waals surface area contributed by atoms with E-state index in [4.69, 9.17) is 10.5 Å². The van der Waals surface area contributed by atoms with Crippen molar-refractivity contribution in [2.24, 2.45) is 0 Å². The first kappa shape index (κ1) is 7.86. The van der Waals surface area contributed by atoms with Crippen LogP contribution in [0.1, 0.15) is 0 Å². The topological polar surface area (TPSA) is 48.1 Å². The van der Waals surface area contributed by atoms with Crippen LogP contribution in [0.3, 0.4) is 0 Å². The molecule has 0 spiro atoms. The van der Waals surface area contributed by atoms with Gasteiger partial charge in [-0.3, -0.25) is 4.98 Å². The van der Waals surface area contributed by atoms with Crippen LogP contribution in [0.2, 0.25) is 0 Å². The molecule has 1 heterocycles. The van der Waals surface area contributed by atoms with Crippen molar-refractivity contribution in [3.8, 4) is 5.75 Å². The van der Waals surface area contributed by atoms with Crippen LogP contribution in [0.4, 0.5) is 5.69 Å². The number of hydrogen-bond acceptors (Lipinski definition) is 3. The lowest BCUT2D eigenvalue weighted by Crippen LogP contribution is -1.94. The molecule has 0 aliphatic rings. The Balaban J connectivity index is 2.84. The second-order valence-corrected chi connectivity index (χ2v) is 2.76. The molecular formula is C10H10N2O. The molecule has 0 fully saturated rings. The third-order valence-electron chi connectivity index (χ3n) is 1.96. The van der Waals surface area contributed by atoms with Crippen LogP contribution in [-0.2, 0) is 0 Å². The van der Waals surface area contributed by atoms with Gasteiger partial charge >= 0.3 is 0 Å². The van der Waals surface area contributed by atoms with Crippen LogP contribution in [0.5, 0.6) is 5.75 Å². The molecule has 66 valence electrons. The Morgan fingerprint density at radius 2 is 2.08 bits per heavy atom. The summed E-state index contributed by atoms with van der Waals surface area (Å²) in [5, 5.41) is 0.949. The molecule has 0 radical (unpaired) electrons. The predicted molar refractivity (Wildman–Crippen MR) is 52.7 cm³/mol. The number of fused-ring (bicyclic) bond motifs is 1. The summed E-state index contributed by atoms with van der Waals surface area (Å²) in [5.74, 6) is 0.700. The van der Waals surface area contributed by atoms with Crippen LogP contribution in [0, 0.1) is 0 Å². The maximum absolute atomic E-state index is 5.71. The number of hydrogen-bond donors (Lipinski definition) is 1. The van der Waals surface area contributed by atoms with Gasteiger partial charge in [-0.15, -0.1) is 0 Å². The van der Waals surface area contributed by atoms with Gasteiger partial charge < -0.3 is 10.5 Å². The van der Waals surface area contributed by atoms with E-state index < -0.39 is 0 Å². The second-order valence-electron chi connectivity index (χ2n) is 2.76. The summed E-state index contributed by atoms with van der Waals surface area (Å²) < 4.78 is 5.19. The standard InChI is InChI=1S/C10H10N2O/c1-13-10-7-4-2-3-5-9(7)12-6-8(10)11/h2-6H,11H2,1H3. The van der Waals surface area contributed by atoms with Crippen molar-refractivity contribution >= 4 is 16.6 Å². The highest BCUT2D eigenvalue weighted by molar-refractivity contribution is 5.89. The minimum absolute atomic E-state index is 0.571. The fourth-order valence-electron chi connectivity index (χ4n) is 1.36. The summed E-state index contributed by atoms with van der Waals surface area (Å²) in [5.41, 5.74) is 7.18. The number of para-hydroxylation sites is 1. The Morgan fingerprint density at radius 1 is 1.31 bits per heavy atom. The number of benzene rings is 1. The molecule has 0 aliphatic carbocycles. The van der Waals surface area contributed by atoms with Crippen molar-refractivity contribution in [1.29, 1.82) is 0 Å². The molecule has 0 bridgehead atoms. The molecule has 2 N–H and O–H groups in total. The molecule has 0 atom stereocenters. The molecule has 1 aromatic carbocycles. The van der Waals surface area contributed by atoms with Crippen LogP contribution in [-0.4, -0.2) is 12.1 Å². The SMILES string of the molecule is COc1c(N)cnc2ccccc12. The summed E-state index contributed by atoms with van der Waals surface area (Å²) in [4.78, 5) is 4.18. The van der Waals surface area contributed by atoms with Gasteiger partial charge in [-0.25, -0.2) is 0 Å². The minimum atomic E-state index is 0.571. The van der Waals surface area contributed by atoms with E-state index in [2.05, 4.69) is 4.98 Å². The molecule has 0 amide bonds. The van der Waals surface area contributed by atoms with E-state index in [0.717, 1.165) is 10.9 Å². The lowest BCUT2D eigenvalue weighted by Gasteiger charge is -2.06. The second kappa shape index (κ2) is 2.94. The first-order valence-corrected chi connectivity index (χ1v) is 4.00. The quantitative estimate of drug-likeness (QED) is 0.717. The summed E-state index contributed by atoms with van der Waals surface area (Å²) in [6.07, 6.45) is 1.61. The third kappa shape index (κ3) is 1.18. The van der Waals surface area contributed by atoms with Gasteiger partial charge in [0.05, 0.1) is 24.5 Å². The highest BCUT2D eigenvalue weighted by Crippen LogP contribution is 2.29. The van der Waals surface area contributed by atoms with E-state index in [0.29, 0.717) is 11.4 Å². The van der Waals surface area contributed by atoms with Crippen LogP contribution in [0.25, 0.3) is 10.9 Å². The number of anilines is 1. The summed E-state index contributed by atoms with van der Waals surface area (Å²) in [6.45, 7) is 0. The minimum Gasteiger partial charge on any atom is -0.494 e. The fraction of sp³-hybridized carbons (Fsp3) is 0.100. The largest absolute Gasteiger partial charge is 0.494 e. The highest BCUT2D eigenvalue weighted by Gasteiger charge is 2.04. The molecule has 2 rings (SSSR count). The van der Waals surface area contributed by atoms with Gasteiger partial charge in [0, 0.05) is 5.39 Å². The van der Waals surface area contributed by atoms with E-state index in [1.165, 1.54) is 0 Å². The zero-order valence-corrected chi connectivity index (χ0v) is 7.32. The van der Waals surface area contributed by atoms with E-state index in [-0.39, 0.29) is 0 Å². The number of nitrogen functional groups attached to an aromatic ring is 1. The lowest BCUT2D eigenvalue weighted by atomic mass is 10.2. The Hall–Kier alpha value is -1.77. The molecule has 3 heteroatoms. The lowest BCUT2D eigenvalue weighted by molar-refractivity contribution is 0.421. The molecule has 1 aromatic heterocycles. The van der Waals surface area contributed by atoms with Crippen LogP contribution in [0.15, 0.2) is 30.5 Å². The average molecular weight is 174 g/mol. The first-order chi connectivity index (χ1) is 6.33. The molecule has 13 heavy (non-hydrogen) atoms. The Labute approximate surface area is 76.2 Å². The Morgan fingerprint density at radius 3 is 2.85 bits per heavy atom. The highest BCUT2D eigenvalue weighted by atomic mass is 16.5. The Kier molecular flexibility index (Phi) is 1.77. The number of pyridine rings is 1. The smallest absolute Gasteiger partial charge is 0.152 e. The van der Waals surface area contributed by atoms with Crippen LogP contribution < -0.4 is 10.5 Å². The molecular weight excluding hydrogens is 164 g/mol. The normalized spacial score (nSPS) is 10.2. The molecule has 0 saturated heterocycles. The van der Waals surface area contributed by atoms with Gasteiger partial charge in [-0.2, -0.15) is 0 Å². The van der Waals surface area contributed by atoms with Gasteiger partial charge in [0.1, 0.15) is 0 Å². The van der Waals surface area contributed by atoms with Gasteiger partial charge in [-0.05, 0) is 12.1 Å². The molecule has 0 saturated carbocycles. The van der Waals surface area contributed by atoms with Crippen molar-refractivity contribution in [3.05, 3.63) is 30.5 Å². The maximum Gasteiger partial charge on any atom is 0.152 e. The van der Waals surface area contributed by atoms with Crippen LogP contribution >= 0.6 is 0 Å². The predicted octanol–water partition coefficient (Wildman–Crippen LogP) is 1.83. The number of methoxy groups -OCH3 is 1. The van der Waals surface area contributed by atoms with Gasteiger partial charge in [0.15, 0.2) is 5.75 Å². The zero-order chi connectivity index (χ0) is 9.26. The number of ether oxygens (including phenoxy) is 1. The number of aromatic nitrogens is 1. The van der Waals surface area contributed by atoms with E-state index >= 15 is 0 Å². The number of nitrogens with zero attached hydrogens (tertiary/aromatic N) is 1. The van der Waals surface area contributed by atoms with Crippen molar-refractivity contribution in [2.75, 3.05) is 12.8 Å². The van der Waals surface area contributed by atoms with Crippen molar-refractivity contribution in [2.45, 2.75) is 0 Å². The molecule has 2 aromatic rings. The van der Waals surface area contributed by atoms with Gasteiger partial charge in [0.2, 0.25) is 0 Å². The van der Waals surface area contributed by atoms with E-state index in [9.17, 15) is 0 Å². The zero-order valence-electron chi connectivity index (χ0n) is 7.32. The van der Waals surface area contributed by atoms with Crippen molar-refractivity contribution in [3.63, 3.8) is 0 Å². The van der Waals surface area contributed by atoms with Crippen molar-refractivity contribution in [1.82, 2.24) is 4.98 Å². The van der Waals surface area contributed by atoms with Gasteiger partial charge in [-0.1, -0.05) is 12.1 Å². The first-order valence-electron chi connectivity index (χ1n) is 4.00. The number of nitrogens with two attached hydrogens (primary N) is 1. The Bertz CT molecular complexity index is 440. The third-order valence-corrected chi connectivity index (χ3v) is 1.96. The monoisotopic (exact) mass is 174 g/mol. The summed E-state index contributed by atoms with van der Waals surface area (Å²) >= 11 is 0. The summed E-state index contributed by atoms with van der Waals surface area (Å²) in [6, 6.07) is 7.74. The average Bonchev–Trinajstić information content (AvgIpc) is 2.18. The summed E-state index contributed by atoms with van der Waals surface area (Å²) in [7, 11) is 1.61. The maximum atomic E-state index is 5.71. The number of rotatable bonds is 1. The molecule has 0 aliphatic heterocycles. The fourth-order valence-corrected chi connectivity index (χ4v) is 1.36. The molecule has 0 unspecified atom stereocenters. The molecule has 3 nitrogen and oxygen atoms in total.